The van der Waals surface area contributed by atoms with E-state index in [1.807, 2.05) is 38.1 Å². The number of aliphatic hydroxyl groups is 1. The quantitative estimate of drug-likeness (QED) is 0.703. The van der Waals surface area contributed by atoms with E-state index < -0.39 is 0 Å². The molecule has 1 amide bonds. The van der Waals surface area contributed by atoms with Crippen molar-refractivity contribution in [3.8, 4) is 0 Å². The summed E-state index contributed by atoms with van der Waals surface area (Å²) in [6.07, 6.45) is 0.474. The first kappa shape index (κ1) is 15.7. The van der Waals surface area contributed by atoms with Gasteiger partial charge in [-0.1, -0.05) is 24.3 Å². The number of hydrogen-bond acceptors (Lipinski definition) is 3. The molecule has 0 heterocycles. The minimum absolute atomic E-state index is 0.0529. The van der Waals surface area contributed by atoms with Crippen molar-refractivity contribution in [2.45, 2.75) is 45.9 Å². The fourth-order valence-corrected chi connectivity index (χ4v) is 1.88. The molecule has 4 nitrogen and oxygen atoms in total. The summed E-state index contributed by atoms with van der Waals surface area (Å²) < 4.78 is 0. The molecule has 1 unspecified atom stereocenters. The minimum atomic E-state index is 0.0529. The molecule has 1 atom stereocenters. The lowest BCUT2D eigenvalue weighted by atomic mass is 10.1. The molecule has 106 valence electrons. The molecule has 0 aliphatic carbocycles. The van der Waals surface area contributed by atoms with Gasteiger partial charge in [0.25, 0.3) is 0 Å². The van der Waals surface area contributed by atoms with Gasteiger partial charge in [-0.15, -0.1) is 0 Å². The Hall–Kier alpha value is -1.39. The molecule has 0 fully saturated rings. The molecule has 0 aliphatic heterocycles. The average Bonchev–Trinajstić information content (AvgIpc) is 2.37. The average molecular weight is 264 g/mol. The van der Waals surface area contributed by atoms with E-state index in [4.69, 9.17) is 5.11 Å². The van der Waals surface area contributed by atoms with Gasteiger partial charge in [0.05, 0.1) is 6.61 Å². The normalized spacial score (nSPS) is 12.5. The number of benzene rings is 1. The van der Waals surface area contributed by atoms with Gasteiger partial charge in [-0.3, -0.25) is 4.79 Å². The summed E-state index contributed by atoms with van der Waals surface area (Å²) in [6.45, 7) is 6.65. The van der Waals surface area contributed by atoms with E-state index in [9.17, 15) is 4.79 Å². The van der Waals surface area contributed by atoms with Crippen LogP contribution >= 0.6 is 0 Å². The van der Waals surface area contributed by atoms with Crippen LogP contribution in [0, 0.1) is 0 Å². The van der Waals surface area contributed by atoms with Crippen LogP contribution in [0.25, 0.3) is 0 Å². The fraction of sp³-hybridized carbons (Fsp3) is 0.533. The second-order valence-electron chi connectivity index (χ2n) is 5.05. The van der Waals surface area contributed by atoms with Gasteiger partial charge < -0.3 is 15.7 Å². The Morgan fingerprint density at radius 2 is 2.05 bits per heavy atom. The number of amides is 1. The van der Waals surface area contributed by atoms with Gasteiger partial charge in [0, 0.05) is 25.0 Å². The monoisotopic (exact) mass is 264 g/mol. The molecule has 0 aromatic heterocycles. The third-order valence-corrected chi connectivity index (χ3v) is 2.89. The second kappa shape index (κ2) is 7.92. The highest BCUT2D eigenvalue weighted by molar-refractivity contribution is 5.76. The van der Waals surface area contributed by atoms with E-state index in [-0.39, 0.29) is 24.6 Å². The van der Waals surface area contributed by atoms with Crippen LogP contribution < -0.4 is 10.6 Å². The summed E-state index contributed by atoms with van der Waals surface area (Å²) in [5.41, 5.74) is 2.03. The molecule has 0 bridgehead atoms. The molecular weight excluding hydrogens is 240 g/mol. The number of carbonyl (C=O) groups is 1. The van der Waals surface area contributed by atoms with Crippen molar-refractivity contribution < 1.29 is 9.90 Å². The number of rotatable bonds is 7. The summed E-state index contributed by atoms with van der Waals surface area (Å²) in [5, 5.41) is 15.3. The van der Waals surface area contributed by atoms with Crippen LogP contribution in [0.5, 0.6) is 0 Å². The van der Waals surface area contributed by atoms with E-state index in [1.165, 1.54) is 0 Å². The first-order chi connectivity index (χ1) is 9.02. The molecule has 19 heavy (non-hydrogen) atoms. The van der Waals surface area contributed by atoms with Gasteiger partial charge in [-0.05, 0) is 31.9 Å². The zero-order chi connectivity index (χ0) is 14.3. The van der Waals surface area contributed by atoms with Crippen LogP contribution in [0.4, 0.5) is 0 Å². The maximum Gasteiger partial charge on any atom is 0.221 e. The second-order valence-corrected chi connectivity index (χ2v) is 5.05. The Bertz CT molecular complexity index is 405. The summed E-state index contributed by atoms with van der Waals surface area (Å²) in [4.78, 5) is 11.5. The highest BCUT2D eigenvalue weighted by Crippen LogP contribution is 2.14. The lowest BCUT2D eigenvalue weighted by molar-refractivity contribution is -0.121. The largest absolute Gasteiger partial charge is 0.392 e. The molecule has 1 rings (SSSR count). The number of nitrogens with one attached hydrogen (secondary N) is 2. The first-order valence-electron chi connectivity index (χ1n) is 6.75. The maximum atomic E-state index is 11.5. The molecule has 4 heteroatoms. The lowest BCUT2D eigenvalue weighted by Gasteiger charge is -2.15. The van der Waals surface area contributed by atoms with Crippen LogP contribution in [-0.2, 0) is 11.4 Å². The predicted molar refractivity (Wildman–Crippen MR) is 76.7 cm³/mol. The summed E-state index contributed by atoms with van der Waals surface area (Å²) in [7, 11) is 0. The van der Waals surface area contributed by atoms with Crippen LogP contribution in [0.3, 0.4) is 0 Å². The standard InChI is InChI=1S/C15H24N2O2/c1-11(2)17-15(19)7-8-16-12(3)14-6-4-5-13(9-14)10-18/h4-6,9,11-12,16,18H,7-8,10H2,1-3H3,(H,17,19). The van der Waals surface area contributed by atoms with E-state index in [0.717, 1.165) is 11.1 Å². The van der Waals surface area contributed by atoms with Crippen LogP contribution in [-0.4, -0.2) is 23.6 Å². The fourth-order valence-electron chi connectivity index (χ4n) is 1.88. The van der Waals surface area contributed by atoms with Crippen molar-refractivity contribution in [1.29, 1.82) is 0 Å². The Morgan fingerprint density at radius 3 is 2.68 bits per heavy atom. The van der Waals surface area contributed by atoms with Crippen molar-refractivity contribution in [1.82, 2.24) is 10.6 Å². The Balaban J connectivity index is 2.38. The van der Waals surface area contributed by atoms with Crippen LogP contribution in [0.2, 0.25) is 0 Å². The van der Waals surface area contributed by atoms with Crippen LogP contribution in [0.1, 0.15) is 44.4 Å². The van der Waals surface area contributed by atoms with E-state index in [1.54, 1.807) is 0 Å². The molecular formula is C15H24N2O2. The number of carbonyl (C=O) groups excluding carboxylic acids is 1. The molecule has 0 saturated carbocycles. The molecule has 0 aliphatic rings. The van der Waals surface area contributed by atoms with Crippen molar-refractivity contribution >= 4 is 5.91 Å². The van der Waals surface area contributed by atoms with Gasteiger partial charge in [0.15, 0.2) is 0 Å². The minimum Gasteiger partial charge on any atom is -0.392 e. The lowest BCUT2D eigenvalue weighted by Crippen LogP contribution is -2.33. The summed E-state index contributed by atoms with van der Waals surface area (Å²) in [5.74, 6) is 0.0683. The molecule has 0 spiro atoms. The Morgan fingerprint density at radius 1 is 1.32 bits per heavy atom. The van der Waals surface area contributed by atoms with Gasteiger partial charge >= 0.3 is 0 Å². The maximum absolute atomic E-state index is 11.5. The highest BCUT2D eigenvalue weighted by Gasteiger charge is 2.07. The van der Waals surface area contributed by atoms with Crippen molar-refractivity contribution in [3.05, 3.63) is 35.4 Å². The van der Waals surface area contributed by atoms with Gasteiger partial charge in [0.1, 0.15) is 0 Å². The van der Waals surface area contributed by atoms with Crippen LogP contribution in [0.15, 0.2) is 24.3 Å². The van der Waals surface area contributed by atoms with Crippen molar-refractivity contribution in [3.63, 3.8) is 0 Å². The van der Waals surface area contributed by atoms with E-state index in [0.29, 0.717) is 13.0 Å². The third kappa shape index (κ3) is 5.85. The van der Waals surface area contributed by atoms with E-state index in [2.05, 4.69) is 17.6 Å². The van der Waals surface area contributed by atoms with Crippen molar-refractivity contribution in [2.75, 3.05) is 6.54 Å². The smallest absolute Gasteiger partial charge is 0.221 e. The van der Waals surface area contributed by atoms with Gasteiger partial charge in [-0.2, -0.15) is 0 Å². The number of hydrogen-bond donors (Lipinski definition) is 3. The Kier molecular flexibility index (Phi) is 6.53. The molecule has 3 N–H and O–H groups in total. The zero-order valence-corrected chi connectivity index (χ0v) is 11.9. The first-order valence-corrected chi connectivity index (χ1v) is 6.75. The van der Waals surface area contributed by atoms with Gasteiger partial charge in [-0.25, -0.2) is 0 Å². The van der Waals surface area contributed by atoms with Crippen molar-refractivity contribution in [2.24, 2.45) is 0 Å². The Labute approximate surface area is 115 Å². The zero-order valence-electron chi connectivity index (χ0n) is 11.9. The van der Waals surface area contributed by atoms with E-state index >= 15 is 0 Å². The molecule has 0 radical (unpaired) electrons. The summed E-state index contributed by atoms with van der Waals surface area (Å²) >= 11 is 0. The van der Waals surface area contributed by atoms with Gasteiger partial charge in [0.2, 0.25) is 5.91 Å². The third-order valence-electron chi connectivity index (χ3n) is 2.89. The predicted octanol–water partition coefficient (Wildman–Crippen LogP) is 1.74. The highest BCUT2D eigenvalue weighted by atomic mass is 16.3. The molecule has 0 saturated heterocycles. The molecule has 1 aromatic carbocycles. The number of aliphatic hydroxyl groups excluding tert-OH is 1. The molecule has 1 aromatic rings. The topological polar surface area (TPSA) is 61.4 Å². The SMILES string of the molecule is CC(C)NC(=O)CCNC(C)c1cccc(CO)c1. The summed E-state index contributed by atoms with van der Waals surface area (Å²) in [6, 6.07) is 8.18.